The zero-order chi connectivity index (χ0) is 10.7. The Hall–Kier alpha value is -1.20. The van der Waals surface area contributed by atoms with Gasteiger partial charge in [-0.05, 0) is 24.3 Å². The molecule has 2 rings (SSSR count). The summed E-state index contributed by atoms with van der Waals surface area (Å²) in [5, 5.41) is 7.24. The van der Waals surface area contributed by atoms with Crippen molar-refractivity contribution in [3.05, 3.63) is 35.1 Å². The molecule has 6 heteroatoms. The number of nitrogens with zero attached hydrogens (tertiary/aromatic N) is 2. The highest BCUT2D eigenvalue weighted by Crippen LogP contribution is 2.22. The molecular weight excluding hydrogens is 232 g/mol. The maximum absolute atomic E-state index is 5.78. The minimum absolute atomic E-state index is 0.279. The number of rotatable bonds is 3. The number of aromatic nitrogens is 3. The smallest absolute Gasteiger partial charge is 0.239 e. The van der Waals surface area contributed by atoms with E-state index in [1.807, 2.05) is 24.3 Å². The van der Waals surface area contributed by atoms with E-state index in [1.165, 1.54) is 0 Å². The normalized spacial score (nSPS) is 10.5. The Balaban J connectivity index is 1.96. The highest BCUT2D eigenvalue weighted by atomic mass is 35.5. The predicted octanol–water partition coefficient (Wildman–Crippen LogP) is 2.33. The van der Waals surface area contributed by atoms with E-state index in [0.717, 1.165) is 15.7 Å². The van der Waals surface area contributed by atoms with Gasteiger partial charge in [0, 0.05) is 9.92 Å². The van der Waals surface area contributed by atoms with E-state index >= 15 is 0 Å². The number of hydrogen-bond acceptors (Lipinski definition) is 4. The SMILES string of the molecule is Nc1n[nH]c(CSc2ccc(Cl)cc2)n1. The molecule has 0 amide bonds. The quantitative estimate of drug-likeness (QED) is 0.808. The predicted molar refractivity (Wildman–Crippen MR) is 61.8 cm³/mol. The number of anilines is 1. The Kier molecular flexibility index (Phi) is 3.13. The number of hydrogen-bond donors (Lipinski definition) is 2. The van der Waals surface area contributed by atoms with Crippen LogP contribution in [0.1, 0.15) is 5.82 Å². The molecule has 0 atom stereocenters. The first kappa shape index (κ1) is 10.3. The Morgan fingerprint density at radius 3 is 2.67 bits per heavy atom. The first-order chi connectivity index (χ1) is 7.24. The fourth-order valence-corrected chi connectivity index (χ4v) is 1.94. The zero-order valence-corrected chi connectivity index (χ0v) is 9.35. The van der Waals surface area contributed by atoms with Crippen LogP contribution >= 0.6 is 23.4 Å². The van der Waals surface area contributed by atoms with Gasteiger partial charge in [0.2, 0.25) is 5.95 Å². The summed E-state index contributed by atoms with van der Waals surface area (Å²) >= 11 is 7.43. The molecule has 1 heterocycles. The Morgan fingerprint density at radius 2 is 2.07 bits per heavy atom. The molecule has 0 aliphatic heterocycles. The van der Waals surface area contributed by atoms with Gasteiger partial charge in [-0.3, -0.25) is 5.10 Å². The Bertz CT molecular complexity index is 440. The third kappa shape index (κ3) is 2.87. The summed E-state index contributed by atoms with van der Waals surface area (Å²) in [5.74, 6) is 1.76. The van der Waals surface area contributed by atoms with Crippen LogP contribution in [-0.2, 0) is 5.75 Å². The van der Waals surface area contributed by atoms with Gasteiger partial charge in [0.15, 0.2) is 0 Å². The van der Waals surface area contributed by atoms with Gasteiger partial charge >= 0.3 is 0 Å². The fraction of sp³-hybridized carbons (Fsp3) is 0.111. The van der Waals surface area contributed by atoms with Crippen molar-refractivity contribution in [2.24, 2.45) is 0 Å². The van der Waals surface area contributed by atoms with E-state index in [4.69, 9.17) is 17.3 Å². The average Bonchev–Trinajstić information content (AvgIpc) is 2.64. The lowest BCUT2D eigenvalue weighted by atomic mass is 10.4. The van der Waals surface area contributed by atoms with E-state index < -0.39 is 0 Å². The number of aromatic amines is 1. The molecule has 0 aliphatic carbocycles. The number of thioether (sulfide) groups is 1. The molecule has 0 aliphatic rings. The topological polar surface area (TPSA) is 67.6 Å². The first-order valence-corrected chi connectivity index (χ1v) is 5.65. The van der Waals surface area contributed by atoms with Crippen molar-refractivity contribution in [3.63, 3.8) is 0 Å². The Morgan fingerprint density at radius 1 is 1.33 bits per heavy atom. The summed E-state index contributed by atoms with van der Waals surface area (Å²) in [4.78, 5) is 5.14. The van der Waals surface area contributed by atoms with Gasteiger partial charge in [0.25, 0.3) is 0 Å². The average molecular weight is 241 g/mol. The summed E-state index contributed by atoms with van der Waals surface area (Å²) in [6.07, 6.45) is 0. The molecule has 1 aromatic heterocycles. The van der Waals surface area contributed by atoms with Crippen LogP contribution < -0.4 is 5.73 Å². The van der Waals surface area contributed by atoms with E-state index in [1.54, 1.807) is 11.8 Å². The van der Waals surface area contributed by atoms with Crippen LogP contribution in [-0.4, -0.2) is 15.2 Å². The van der Waals surface area contributed by atoms with E-state index in [2.05, 4.69) is 15.2 Å². The van der Waals surface area contributed by atoms with Crippen molar-refractivity contribution in [1.29, 1.82) is 0 Å². The number of benzene rings is 1. The lowest BCUT2D eigenvalue weighted by Gasteiger charge is -1.98. The maximum atomic E-state index is 5.78. The summed E-state index contributed by atoms with van der Waals surface area (Å²) in [5.41, 5.74) is 5.39. The molecule has 0 bridgehead atoms. The standard InChI is InChI=1S/C9H9ClN4S/c10-6-1-3-7(4-2-6)15-5-8-12-9(11)14-13-8/h1-4H,5H2,(H3,11,12,13,14). The third-order valence-corrected chi connectivity index (χ3v) is 3.01. The fourth-order valence-electron chi connectivity index (χ4n) is 1.06. The molecule has 0 saturated carbocycles. The summed E-state index contributed by atoms with van der Waals surface area (Å²) in [7, 11) is 0. The molecule has 2 aromatic rings. The number of nitrogens with two attached hydrogens (primary N) is 1. The van der Waals surface area contributed by atoms with Crippen LogP contribution in [0.3, 0.4) is 0 Å². The van der Waals surface area contributed by atoms with Crippen molar-refractivity contribution in [2.75, 3.05) is 5.73 Å². The number of nitrogen functional groups attached to an aromatic ring is 1. The van der Waals surface area contributed by atoms with Gasteiger partial charge in [0.1, 0.15) is 5.82 Å². The van der Waals surface area contributed by atoms with E-state index in [9.17, 15) is 0 Å². The van der Waals surface area contributed by atoms with Crippen LogP contribution in [0.15, 0.2) is 29.2 Å². The summed E-state index contributed by atoms with van der Waals surface area (Å²) < 4.78 is 0. The van der Waals surface area contributed by atoms with Gasteiger partial charge in [-0.1, -0.05) is 11.6 Å². The maximum Gasteiger partial charge on any atom is 0.239 e. The van der Waals surface area contributed by atoms with Crippen LogP contribution in [0.2, 0.25) is 5.02 Å². The van der Waals surface area contributed by atoms with Gasteiger partial charge in [0.05, 0.1) is 5.75 Å². The summed E-state index contributed by atoms with van der Waals surface area (Å²) in [6, 6.07) is 7.65. The minimum atomic E-state index is 0.279. The van der Waals surface area contributed by atoms with E-state index in [0.29, 0.717) is 5.75 Å². The molecule has 0 unspecified atom stereocenters. The van der Waals surface area contributed by atoms with Crippen LogP contribution in [0.5, 0.6) is 0 Å². The molecular formula is C9H9ClN4S. The second kappa shape index (κ2) is 4.55. The van der Waals surface area contributed by atoms with Crippen molar-refractivity contribution in [2.45, 2.75) is 10.6 Å². The molecule has 1 aromatic carbocycles. The lowest BCUT2D eigenvalue weighted by molar-refractivity contribution is 1.03. The molecule has 0 saturated heterocycles. The highest BCUT2D eigenvalue weighted by molar-refractivity contribution is 7.98. The van der Waals surface area contributed by atoms with Crippen LogP contribution in [0.4, 0.5) is 5.95 Å². The first-order valence-electron chi connectivity index (χ1n) is 4.29. The van der Waals surface area contributed by atoms with Gasteiger partial charge < -0.3 is 5.73 Å². The van der Waals surface area contributed by atoms with Crippen molar-refractivity contribution in [1.82, 2.24) is 15.2 Å². The highest BCUT2D eigenvalue weighted by Gasteiger charge is 2.00. The molecule has 3 N–H and O–H groups in total. The largest absolute Gasteiger partial charge is 0.367 e. The molecule has 4 nitrogen and oxygen atoms in total. The third-order valence-electron chi connectivity index (χ3n) is 1.74. The second-order valence-electron chi connectivity index (χ2n) is 2.88. The van der Waals surface area contributed by atoms with Crippen molar-refractivity contribution in [3.8, 4) is 0 Å². The number of H-pyrrole nitrogens is 1. The molecule has 0 fully saturated rings. The van der Waals surface area contributed by atoms with Gasteiger partial charge in [-0.2, -0.15) is 4.98 Å². The van der Waals surface area contributed by atoms with Crippen molar-refractivity contribution < 1.29 is 0 Å². The molecule has 15 heavy (non-hydrogen) atoms. The molecule has 0 radical (unpaired) electrons. The number of nitrogens with one attached hydrogen (secondary N) is 1. The lowest BCUT2D eigenvalue weighted by Crippen LogP contribution is -1.86. The molecule has 78 valence electrons. The number of halogens is 1. The van der Waals surface area contributed by atoms with Crippen LogP contribution in [0, 0.1) is 0 Å². The second-order valence-corrected chi connectivity index (χ2v) is 4.37. The van der Waals surface area contributed by atoms with E-state index in [-0.39, 0.29) is 5.95 Å². The molecule has 0 spiro atoms. The Labute approximate surface area is 96.2 Å². The van der Waals surface area contributed by atoms with Gasteiger partial charge in [-0.25, -0.2) is 0 Å². The van der Waals surface area contributed by atoms with Crippen molar-refractivity contribution >= 4 is 29.3 Å². The van der Waals surface area contributed by atoms with Crippen LogP contribution in [0.25, 0.3) is 0 Å². The van der Waals surface area contributed by atoms with Gasteiger partial charge in [-0.15, -0.1) is 16.9 Å². The monoisotopic (exact) mass is 240 g/mol. The zero-order valence-electron chi connectivity index (χ0n) is 7.77. The minimum Gasteiger partial charge on any atom is -0.367 e. The summed E-state index contributed by atoms with van der Waals surface area (Å²) in [6.45, 7) is 0.